The summed E-state index contributed by atoms with van der Waals surface area (Å²) in [5.41, 5.74) is 2.24. The highest BCUT2D eigenvalue weighted by atomic mass is 127. The van der Waals surface area contributed by atoms with Crippen molar-refractivity contribution in [3.8, 4) is 0 Å². The predicted octanol–water partition coefficient (Wildman–Crippen LogP) is 4.32. The zero-order valence-electron chi connectivity index (χ0n) is 18.2. The number of guanidine groups is 1. The van der Waals surface area contributed by atoms with E-state index in [9.17, 15) is 10.1 Å². The van der Waals surface area contributed by atoms with Crippen molar-refractivity contribution in [1.29, 1.82) is 0 Å². The molecule has 168 valence electrons. The molecule has 0 atom stereocenters. The third kappa shape index (κ3) is 8.10. The SMILES string of the molecule is CC(C)N1CCC(NC(=NCc2ccccc2)NCc2ccc([N+](=O)[O-])cc2)CC1.I. The molecule has 0 aliphatic carbocycles. The number of piperidine rings is 1. The van der Waals surface area contributed by atoms with Gasteiger partial charge in [0, 0.05) is 43.9 Å². The fourth-order valence-electron chi connectivity index (χ4n) is 3.58. The van der Waals surface area contributed by atoms with Crippen LogP contribution in [0, 0.1) is 10.1 Å². The normalized spacial score (nSPS) is 15.4. The lowest BCUT2D eigenvalue weighted by Gasteiger charge is -2.35. The maximum absolute atomic E-state index is 10.8. The van der Waals surface area contributed by atoms with Crippen LogP contribution < -0.4 is 10.6 Å². The van der Waals surface area contributed by atoms with Gasteiger partial charge in [-0.2, -0.15) is 0 Å². The molecule has 2 N–H and O–H groups in total. The van der Waals surface area contributed by atoms with Gasteiger partial charge in [0.25, 0.3) is 5.69 Å². The van der Waals surface area contributed by atoms with E-state index in [0.717, 1.165) is 43.0 Å². The minimum atomic E-state index is -0.380. The highest BCUT2D eigenvalue weighted by Gasteiger charge is 2.21. The molecule has 0 aromatic heterocycles. The Morgan fingerprint density at radius 3 is 2.32 bits per heavy atom. The van der Waals surface area contributed by atoms with E-state index in [0.29, 0.717) is 25.2 Å². The number of nitrogens with one attached hydrogen (secondary N) is 2. The van der Waals surface area contributed by atoms with E-state index in [1.807, 2.05) is 18.2 Å². The third-order valence-corrected chi connectivity index (χ3v) is 5.47. The van der Waals surface area contributed by atoms with Gasteiger partial charge in [-0.05, 0) is 37.8 Å². The summed E-state index contributed by atoms with van der Waals surface area (Å²) in [6, 6.07) is 17.8. The molecule has 8 heteroatoms. The Kier molecular flexibility index (Phi) is 10.2. The number of halogens is 1. The number of nitrogens with zero attached hydrogens (tertiary/aromatic N) is 3. The smallest absolute Gasteiger partial charge is 0.269 e. The highest BCUT2D eigenvalue weighted by Crippen LogP contribution is 2.14. The zero-order valence-corrected chi connectivity index (χ0v) is 20.5. The lowest BCUT2D eigenvalue weighted by atomic mass is 10.0. The van der Waals surface area contributed by atoms with Crippen molar-refractivity contribution in [2.45, 2.75) is 51.9 Å². The van der Waals surface area contributed by atoms with Crippen molar-refractivity contribution in [2.75, 3.05) is 13.1 Å². The van der Waals surface area contributed by atoms with Crippen LogP contribution in [0.1, 0.15) is 37.8 Å². The average Bonchev–Trinajstić information content (AvgIpc) is 2.77. The van der Waals surface area contributed by atoms with Crippen LogP contribution in [-0.4, -0.2) is 41.0 Å². The zero-order chi connectivity index (χ0) is 21.3. The second-order valence-corrected chi connectivity index (χ2v) is 7.98. The van der Waals surface area contributed by atoms with E-state index in [4.69, 9.17) is 4.99 Å². The Hall–Kier alpha value is -2.20. The molecule has 0 bridgehead atoms. The summed E-state index contributed by atoms with van der Waals surface area (Å²) in [7, 11) is 0. The quantitative estimate of drug-likeness (QED) is 0.181. The maximum atomic E-state index is 10.8. The number of benzene rings is 2. The molecule has 0 amide bonds. The van der Waals surface area contributed by atoms with Gasteiger partial charge in [0.15, 0.2) is 5.96 Å². The van der Waals surface area contributed by atoms with Gasteiger partial charge in [-0.15, -0.1) is 24.0 Å². The van der Waals surface area contributed by atoms with Gasteiger partial charge in [0.05, 0.1) is 11.5 Å². The van der Waals surface area contributed by atoms with E-state index >= 15 is 0 Å². The summed E-state index contributed by atoms with van der Waals surface area (Å²) in [5.74, 6) is 0.778. The van der Waals surface area contributed by atoms with E-state index in [1.165, 1.54) is 12.1 Å². The van der Waals surface area contributed by atoms with Crippen LogP contribution in [0.3, 0.4) is 0 Å². The lowest BCUT2D eigenvalue weighted by molar-refractivity contribution is -0.384. The summed E-state index contributed by atoms with van der Waals surface area (Å²) >= 11 is 0. The van der Waals surface area contributed by atoms with Gasteiger partial charge in [-0.25, -0.2) is 4.99 Å². The molecule has 0 spiro atoms. The fraction of sp³-hybridized carbons (Fsp3) is 0.435. The van der Waals surface area contributed by atoms with Crippen LogP contribution in [0.4, 0.5) is 5.69 Å². The van der Waals surface area contributed by atoms with Crippen molar-refractivity contribution < 1.29 is 4.92 Å². The van der Waals surface area contributed by atoms with Gasteiger partial charge in [-0.1, -0.05) is 42.5 Å². The van der Waals surface area contributed by atoms with E-state index in [-0.39, 0.29) is 34.6 Å². The van der Waals surface area contributed by atoms with Crippen LogP contribution in [-0.2, 0) is 13.1 Å². The number of nitro benzene ring substituents is 1. The Morgan fingerprint density at radius 2 is 1.74 bits per heavy atom. The second-order valence-electron chi connectivity index (χ2n) is 7.98. The number of aliphatic imine (C=N–C) groups is 1. The van der Waals surface area contributed by atoms with Gasteiger partial charge >= 0.3 is 0 Å². The topological polar surface area (TPSA) is 82.8 Å². The van der Waals surface area contributed by atoms with Crippen molar-refractivity contribution in [3.63, 3.8) is 0 Å². The first-order chi connectivity index (χ1) is 14.5. The first kappa shape index (κ1) is 25.1. The third-order valence-electron chi connectivity index (χ3n) is 5.47. The van der Waals surface area contributed by atoms with Gasteiger partial charge in [-0.3, -0.25) is 10.1 Å². The maximum Gasteiger partial charge on any atom is 0.269 e. The molecule has 1 fully saturated rings. The molecule has 0 unspecified atom stereocenters. The molecular weight excluding hydrogens is 505 g/mol. The molecule has 0 radical (unpaired) electrons. The van der Waals surface area contributed by atoms with Crippen molar-refractivity contribution >= 4 is 35.6 Å². The number of non-ortho nitro benzene ring substituents is 1. The Labute approximate surface area is 201 Å². The average molecular weight is 537 g/mol. The molecule has 31 heavy (non-hydrogen) atoms. The molecule has 3 rings (SSSR count). The van der Waals surface area contributed by atoms with Gasteiger partial charge < -0.3 is 15.5 Å². The summed E-state index contributed by atoms with van der Waals surface area (Å²) in [6.45, 7) is 7.82. The standard InChI is InChI=1S/C23H31N5O2.HI/c1-18(2)27-14-12-21(13-15-27)26-23(24-16-19-6-4-3-5-7-19)25-17-20-8-10-22(11-9-20)28(29)30;/h3-11,18,21H,12-17H2,1-2H3,(H2,24,25,26);1H. The molecule has 1 heterocycles. The van der Waals surface area contributed by atoms with Crippen molar-refractivity contribution in [2.24, 2.45) is 4.99 Å². The molecule has 1 saturated heterocycles. The van der Waals surface area contributed by atoms with Crippen molar-refractivity contribution in [3.05, 3.63) is 75.8 Å². The monoisotopic (exact) mass is 537 g/mol. The first-order valence-corrected chi connectivity index (χ1v) is 10.6. The molecule has 2 aromatic rings. The lowest BCUT2D eigenvalue weighted by Crippen LogP contribution is -2.49. The van der Waals surface area contributed by atoms with Crippen LogP contribution in [0.5, 0.6) is 0 Å². The van der Waals surface area contributed by atoms with Crippen molar-refractivity contribution in [1.82, 2.24) is 15.5 Å². The number of nitro groups is 1. The first-order valence-electron chi connectivity index (χ1n) is 10.6. The van der Waals surface area contributed by atoms with Crippen LogP contribution in [0.25, 0.3) is 0 Å². The van der Waals surface area contributed by atoms with Crippen LogP contribution in [0.2, 0.25) is 0 Å². The second kappa shape index (κ2) is 12.6. The number of likely N-dealkylation sites (tertiary alicyclic amines) is 1. The number of hydrogen-bond acceptors (Lipinski definition) is 4. The predicted molar refractivity (Wildman–Crippen MR) is 136 cm³/mol. The summed E-state index contributed by atoms with van der Waals surface area (Å²) in [6.07, 6.45) is 2.17. The minimum absolute atomic E-state index is 0. The molecular formula is C23H32IN5O2. The molecule has 0 saturated carbocycles. The Morgan fingerprint density at radius 1 is 1.10 bits per heavy atom. The van der Waals surface area contributed by atoms with Crippen LogP contribution in [0.15, 0.2) is 59.6 Å². The Bertz CT molecular complexity index is 835. The number of hydrogen-bond donors (Lipinski definition) is 2. The molecule has 1 aliphatic rings. The molecule has 1 aliphatic heterocycles. The Balaban J connectivity index is 0.00000341. The van der Waals surface area contributed by atoms with E-state index < -0.39 is 0 Å². The summed E-state index contributed by atoms with van der Waals surface area (Å²) in [5, 5.41) is 17.8. The summed E-state index contributed by atoms with van der Waals surface area (Å²) in [4.78, 5) is 17.7. The van der Waals surface area contributed by atoms with E-state index in [1.54, 1.807) is 12.1 Å². The van der Waals surface area contributed by atoms with Crippen LogP contribution >= 0.6 is 24.0 Å². The van der Waals surface area contributed by atoms with E-state index in [2.05, 4.69) is 41.5 Å². The minimum Gasteiger partial charge on any atom is -0.354 e. The molecule has 2 aromatic carbocycles. The largest absolute Gasteiger partial charge is 0.354 e. The fourth-order valence-corrected chi connectivity index (χ4v) is 3.58. The summed E-state index contributed by atoms with van der Waals surface area (Å²) < 4.78 is 0. The van der Waals surface area contributed by atoms with Gasteiger partial charge in [0.1, 0.15) is 0 Å². The molecule has 7 nitrogen and oxygen atoms in total. The number of rotatable bonds is 7. The highest BCUT2D eigenvalue weighted by molar-refractivity contribution is 14.0. The van der Waals surface area contributed by atoms with Gasteiger partial charge in [0.2, 0.25) is 0 Å².